The fourth-order valence-electron chi connectivity index (χ4n) is 4.93. The standard InChI is InChI=1S/C26H29N3O6/c1-3-26(4-2,24(33)28-21-19(23(31)32)13-27-22(21)30)29-25(34)35-14-20-17-11-7-5-9-15(17)16-10-6-8-12-18(16)20/h5-12,19-21H,3-4,13-14H2,1-2H3,(H,27,30)(H,28,33)(H,29,34)(H,31,32). The summed E-state index contributed by atoms with van der Waals surface area (Å²) in [5.41, 5.74) is 3.01. The zero-order valence-corrected chi connectivity index (χ0v) is 19.7. The van der Waals surface area contributed by atoms with Gasteiger partial charge in [-0.3, -0.25) is 14.4 Å². The van der Waals surface area contributed by atoms with Crippen LogP contribution in [0.1, 0.15) is 43.7 Å². The summed E-state index contributed by atoms with van der Waals surface area (Å²) in [6.07, 6.45) is -0.298. The Balaban J connectivity index is 1.45. The molecule has 1 aliphatic heterocycles. The molecule has 0 aromatic heterocycles. The summed E-state index contributed by atoms with van der Waals surface area (Å²) in [5, 5.41) is 17.0. The van der Waals surface area contributed by atoms with Crippen LogP contribution < -0.4 is 16.0 Å². The number of amides is 3. The lowest BCUT2D eigenvalue weighted by molar-refractivity contribution is -0.143. The molecule has 1 heterocycles. The van der Waals surface area contributed by atoms with E-state index >= 15 is 0 Å². The largest absolute Gasteiger partial charge is 0.481 e. The molecule has 2 atom stereocenters. The lowest BCUT2D eigenvalue weighted by Gasteiger charge is -2.32. The van der Waals surface area contributed by atoms with Gasteiger partial charge in [0.15, 0.2) is 0 Å². The molecule has 1 fully saturated rings. The number of carboxylic acids is 1. The van der Waals surface area contributed by atoms with Gasteiger partial charge < -0.3 is 25.8 Å². The molecule has 2 aromatic rings. The topological polar surface area (TPSA) is 134 Å². The second-order valence-corrected chi connectivity index (χ2v) is 8.88. The Bertz CT molecular complexity index is 1110. The fourth-order valence-corrected chi connectivity index (χ4v) is 4.93. The van der Waals surface area contributed by atoms with Gasteiger partial charge in [0.2, 0.25) is 11.8 Å². The Morgan fingerprint density at radius 1 is 1.03 bits per heavy atom. The van der Waals surface area contributed by atoms with Crippen molar-refractivity contribution in [3.63, 3.8) is 0 Å². The number of nitrogens with one attached hydrogen (secondary N) is 3. The van der Waals surface area contributed by atoms with E-state index in [0.29, 0.717) is 0 Å². The second-order valence-electron chi connectivity index (χ2n) is 8.88. The minimum Gasteiger partial charge on any atom is -0.481 e. The molecule has 3 amide bonds. The fraction of sp³-hybridized carbons (Fsp3) is 0.385. The summed E-state index contributed by atoms with van der Waals surface area (Å²) in [7, 11) is 0. The molecule has 9 nitrogen and oxygen atoms in total. The lowest BCUT2D eigenvalue weighted by Crippen LogP contribution is -2.61. The average Bonchev–Trinajstić information content (AvgIpc) is 3.39. The number of rotatable bonds is 8. The molecule has 4 N–H and O–H groups in total. The SMILES string of the molecule is CCC(CC)(NC(=O)OCC1c2ccccc2-c2ccccc21)C(=O)NC1C(=O)NCC1C(=O)O. The molecule has 2 unspecified atom stereocenters. The Kier molecular flexibility index (Phi) is 6.77. The molecular weight excluding hydrogens is 450 g/mol. The van der Waals surface area contributed by atoms with Gasteiger partial charge in [-0.05, 0) is 35.1 Å². The summed E-state index contributed by atoms with van der Waals surface area (Å²) in [6, 6.07) is 14.8. The van der Waals surface area contributed by atoms with E-state index in [1.165, 1.54) is 0 Å². The van der Waals surface area contributed by atoms with Gasteiger partial charge in [0.25, 0.3) is 0 Å². The highest BCUT2D eigenvalue weighted by molar-refractivity contribution is 5.97. The van der Waals surface area contributed by atoms with E-state index in [-0.39, 0.29) is 31.9 Å². The van der Waals surface area contributed by atoms with Crippen molar-refractivity contribution in [1.82, 2.24) is 16.0 Å². The van der Waals surface area contributed by atoms with Crippen LogP contribution in [0.3, 0.4) is 0 Å². The molecule has 184 valence electrons. The van der Waals surface area contributed by atoms with Crippen LogP contribution in [-0.2, 0) is 19.1 Å². The molecule has 1 saturated heterocycles. The van der Waals surface area contributed by atoms with E-state index < -0.39 is 41.4 Å². The zero-order chi connectivity index (χ0) is 25.2. The predicted octanol–water partition coefficient (Wildman–Crippen LogP) is 2.40. The van der Waals surface area contributed by atoms with Crippen LogP contribution in [0.15, 0.2) is 48.5 Å². The molecule has 9 heteroatoms. The molecule has 0 bridgehead atoms. The average molecular weight is 480 g/mol. The first-order valence-corrected chi connectivity index (χ1v) is 11.8. The number of alkyl carbamates (subject to hydrolysis) is 1. The number of benzene rings is 2. The Morgan fingerprint density at radius 3 is 2.14 bits per heavy atom. The van der Waals surface area contributed by atoms with E-state index in [9.17, 15) is 24.3 Å². The van der Waals surface area contributed by atoms with Crippen molar-refractivity contribution in [3.05, 3.63) is 59.7 Å². The number of ether oxygens (including phenoxy) is 1. The highest BCUT2D eigenvalue weighted by atomic mass is 16.5. The predicted molar refractivity (Wildman–Crippen MR) is 128 cm³/mol. The van der Waals surface area contributed by atoms with E-state index in [1.54, 1.807) is 13.8 Å². The maximum Gasteiger partial charge on any atom is 0.408 e. The van der Waals surface area contributed by atoms with Crippen LogP contribution in [0.5, 0.6) is 0 Å². The number of hydrogen-bond donors (Lipinski definition) is 4. The van der Waals surface area contributed by atoms with Crippen LogP contribution in [0.4, 0.5) is 4.79 Å². The third-order valence-electron chi connectivity index (χ3n) is 7.11. The smallest absolute Gasteiger partial charge is 0.408 e. The molecule has 0 spiro atoms. The van der Waals surface area contributed by atoms with Crippen LogP contribution in [-0.4, -0.2) is 53.7 Å². The molecule has 2 aliphatic rings. The third-order valence-corrected chi connectivity index (χ3v) is 7.11. The van der Waals surface area contributed by atoms with Crippen molar-refractivity contribution in [2.45, 2.75) is 44.2 Å². The normalized spacial score (nSPS) is 18.9. The first-order chi connectivity index (χ1) is 16.8. The van der Waals surface area contributed by atoms with Gasteiger partial charge in [-0.15, -0.1) is 0 Å². The van der Waals surface area contributed by atoms with Crippen LogP contribution >= 0.6 is 0 Å². The Labute approximate surface area is 203 Å². The van der Waals surface area contributed by atoms with Crippen molar-refractivity contribution in [2.24, 2.45) is 5.92 Å². The first-order valence-electron chi connectivity index (χ1n) is 11.8. The number of carboxylic acid groups (broad SMARTS) is 1. The number of carbonyl (C=O) groups is 4. The van der Waals surface area contributed by atoms with Gasteiger partial charge in [0, 0.05) is 12.5 Å². The van der Waals surface area contributed by atoms with E-state index in [0.717, 1.165) is 22.3 Å². The van der Waals surface area contributed by atoms with Crippen molar-refractivity contribution >= 4 is 23.9 Å². The number of aliphatic carboxylic acids is 1. The summed E-state index contributed by atoms with van der Waals surface area (Å²) in [4.78, 5) is 49.6. The molecule has 1 aliphatic carbocycles. The summed E-state index contributed by atoms with van der Waals surface area (Å²) >= 11 is 0. The van der Waals surface area contributed by atoms with Crippen LogP contribution in [0.25, 0.3) is 11.1 Å². The van der Waals surface area contributed by atoms with Crippen LogP contribution in [0, 0.1) is 5.92 Å². The maximum atomic E-state index is 13.2. The Morgan fingerprint density at radius 2 is 1.60 bits per heavy atom. The van der Waals surface area contributed by atoms with Crippen molar-refractivity contribution in [3.8, 4) is 11.1 Å². The lowest BCUT2D eigenvalue weighted by atomic mass is 9.90. The maximum absolute atomic E-state index is 13.2. The van der Waals surface area contributed by atoms with Crippen molar-refractivity contribution in [2.75, 3.05) is 13.2 Å². The highest BCUT2D eigenvalue weighted by Gasteiger charge is 2.45. The number of fused-ring (bicyclic) bond motifs is 3. The Hall–Kier alpha value is -3.88. The van der Waals surface area contributed by atoms with E-state index in [4.69, 9.17) is 4.74 Å². The van der Waals surface area contributed by atoms with Crippen LogP contribution in [0.2, 0.25) is 0 Å². The van der Waals surface area contributed by atoms with E-state index in [2.05, 4.69) is 16.0 Å². The highest BCUT2D eigenvalue weighted by Crippen LogP contribution is 2.44. The molecule has 4 rings (SSSR count). The quantitative estimate of drug-likeness (QED) is 0.459. The number of carbonyl (C=O) groups excluding carboxylic acids is 3. The molecule has 2 aromatic carbocycles. The van der Waals surface area contributed by atoms with Gasteiger partial charge in [-0.25, -0.2) is 4.79 Å². The van der Waals surface area contributed by atoms with Crippen molar-refractivity contribution in [1.29, 1.82) is 0 Å². The first kappa shape index (κ1) is 24.3. The molecule has 35 heavy (non-hydrogen) atoms. The van der Waals surface area contributed by atoms with Gasteiger partial charge in [-0.1, -0.05) is 62.4 Å². The third kappa shape index (κ3) is 4.45. The van der Waals surface area contributed by atoms with Gasteiger partial charge in [0.05, 0.1) is 0 Å². The molecule has 0 radical (unpaired) electrons. The van der Waals surface area contributed by atoms with Gasteiger partial charge in [0.1, 0.15) is 24.1 Å². The second kappa shape index (κ2) is 9.77. The summed E-state index contributed by atoms with van der Waals surface area (Å²) < 4.78 is 5.60. The summed E-state index contributed by atoms with van der Waals surface area (Å²) in [5.74, 6) is -3.57. The minimum absolute atomic E-state index is 0.0653. The summed E-state index contributed by atoms with van der Waals surface area (Å²) in [6.45, 7) is 3.49. The monoisotopic (exact) mass is 479 g/mol. The van der Waals surface area contributed by atoms with Crippen molar-refractivity contribution < 1.29 is 29.0 Å². The molecule has 0 saturated carbocycles. The van der Waals surface area contributed by atoms with Gasteiger partial charge in [-0.2, -0.15) is 0 Å². The molecular formula is C26H29N3O6. The minimum atomic E-state index is -1.35. The van der Waals surface area contributed by atoms with E-state index in [1.807, 2.05) is 48.5 Å². The van der Waals surface area contributed by atoms with Gasteiger partial charge >= 0.3 is 12.1 Å². The zero-order valence-electron chi connectivity index (χ0n) is 19.7. The number of hydrogen-bond acceptors (Lipinski definition) is 5.